The van der Waals surface area contributed by atoms with Gasteiger partial charge in [0, 0.05) is 19.3 Å². The average molecular weight is 246 g/mol. The summed E-state index contributed by atoms with van der Waals surface area (Å²) in [6, 6.07) is 6.23. The maximum absolute atomic E-state index is 11.8. The van der Waals surface area contributed by atoms with Crippen molar-refractivity contribution in [3.05, 3.63) is 29.3 Å². The monoisotopic (exact) mass is 246 g/mol. The first kappa shape index (κ1) is 12.9. The molecule has 0 heterocycles. The van der Waals surface area contributed by atoms with Crippen molar-refractivity contribution >= 4 is 11.7 Å². The Morgan fingerprint density at radius 1 is 1.44 bits per heavy atom. The van der Waals surface area contributed by atoms with Gasteiger partial charge in [-0.3, -0.25) is 0 Å². The van der Waals surface area contributed by atoms with E-state index in [0.717, 1.165) is 12.1 Å². The molecule has 0 saturated carbocycles. The lowest BCUT2D eigenvalue weighted by molar-refractivity contribution is 0.224. The SMILES string of the molecule is CCN(C)C(=O)Nc1ccc2c(c1)CCC2(C)C. The summed E-state index contributed by atoms with van der Waals surface area (Å²) in [4.78, 5) is 13.4. The molecular formula is C15H22N2O. The molecule has 0 aliphatic heterocycles. The van der Waals surface area contributed by atoms with E-state index in [4.69, 9.17) is 0 Å². The van der Waals surface area contributed by atoms with Gasteiger partial charge in [0.1, 0.15) is 0 Å². The number of rotatable bonds is 2. The third kappa shape index (κ3) is 2.35. The lowest BCUT2D eigenvalue weighted by Gasteiger charge is -2.19. The molecule has 1 N–H and O–H groups in total. The molecule has 2 rings (SSSR count). The van der Waals surface area contributed by atoms with E-state index in [1.807, 2.05) is 13.0 Å². The van der Waals surface area contributed by atoms with Crippen molar-refractivity contribution in [3.63, 3.8) is 0 Å². The van der Waals surface area contributed by atoms with Crippen molar-refractivity contribution in [1.82, 2.24) is 4.90 Å². The van der Waals surface area contributed by atoms with Gasteiger partial charge in [0.2, 0.25) is 0 Å². The first-order chi connectivity index (χ1) is 8.44. The highest BCUT2D eigenvalue weighted by atomic mass is 16.2. The topological polar surface area (TPSA) is 32.3 Å². The maximum atomic E-state index is 11.8. The summed E-state index contributed by atoms with van der Waals surface area (Å²) in [5, 5.41) is 2.94. The second-order valence-electron chi connectivity index (χ2n) is 5.70. The van der Waals surface area contributed by atoms with Crippen LogP contribution >= 0.6 is 0 Å². The maximum Gasteiger partial charge on any atom is 0.321 e. The van der Waals surface area contributed by atoms with Gasteiger partial charge in [0.15, 0.2) is 0 Å². The fourth-order valence-electron chi connectivity index (χ4n) is 2.48. The molecule has 3 heteroatoms. The van der Waals surface area contributed by atoms with Crippen LogP contribution in [0.25, 0.3) is 0 Å². The van der Waals surface area contributed by atoms with Crippen LogP contribution < -0.4 is 5.32 Å². The van der Waals surface area contributed by atoms with Gasteiger partial charge in [-0.15, -0.1) is 0 Å². The van der Waals surface area contributed by atoms with Crippen LogP contribution in [0.3, 0.4) is 0 Å². The number of urea groups is 1. The smallest absolute Gasteiger partial charge is 0.321 e. The van der Waals surface area contributed by atoms with E-state index in [1.54, 1.807) is 11.9 Å². The highest BCUT2D eigenvalue weighted by Gasteiger charge is 2.29. The molecule has 18 heavy (non-hydrogen) atoms. The van der Waals surface area contributed by atoms with E-state index in [9.17, 15) is 4.79 Å². The van der Waals surface area contributed by atoms with Crippen LogP contribution in [-0.4, -0.2) is 24.5 Å². The van der Waals surface area contributed by atoms with E-state index in [-0.39, 0.29) is 11.4 Å². The highest BCUT2D eigenvalue weighted by molar-refractivity contribution is 5.89. The van der Waals surface area contributed by atoms with Crippen molar-refractivity contribution in [3.8, 4) is 0 Å². The quantitative estimate of drug-likeness (QED) is 0.852. The molecule has 0 spiro atoms. The molecule has 0 bridgehead atoms. The van der Waals surface area contributed by atoms with E-state index in [0.29, 0.717) is 6.54 Å². The van der Waals surface area contributed by atoms with Gasteiger partial charge >= 0.3 is 6.03 Å². The third-order valence-corrected chi connectivity index (χ3v) is 3.93. The largest absolute Gasteiger partial charge is 0.328 e. The van der Waals surface area contributed by atoms with Gasteiger partial charge in [0.25, 0.3) is 0 Å². The number of nitrogens with zero attached hydrogens (tertiary/aromatic N) is 1. The van der Waals surface area contributed by atoms with Gasteiger partial charge in [-0.2, -0.15) is 0 Å². The Morgan fingerprint density at radius 2 is 2.17 bits per heavy atom. The number of hydrogen-bond acceptors (Lipinski definition) is 1. The summed E-state index contributed by atoms with van der Waals surface area (Å²) in [5.41, 5.74) is 3.97. The van der Waals surface area contributed by atoms with Gasteiger partial charge in [-0.25, -0.2) is 4.79 Å². The Morgan fingerprint density at radius 3 is 2.83 bits per heavy atom. The zero-order valence-electron chi connectivity index (χ0n) is 11.7. The molecule has 1 aromatic rings. The molecule has 3 nitrogen and oxygen atoms in total. The minimum Gasteiger partial charge on any atom is -0.328 e. The van der Waals surface area contributed by atoms with Crippen molar-refractivity contribution in [2.45, 2.75) is 39.0 Å². The molecule has 1 aromatic carbocycles. The second-order valence-corrected chi connectivity index (χ2v) is 5.70. The number of benzene rings is 1. The first-order valence-electron chi connectivity index (χ1n) is 6.59. The van der Waals surface area contributed by atoms with Crippen molar-refractivity contribution in [2.75, 3.05) is 18.9 Å². The number of hydrogen-bond donors (Lipinski definition) is 1. The average Bonchev–Trinajstić information content (AvgIpc) is 2.64. The predicted molar refractivity (Wildman–Crippen MR) is 75.1 cm³/mol. The number of amides is 2. The van der Waals surface area contributed by atoms with Crippen molar-refractivity contribution in [2.24, 2.45) is 0 Å². The number of fused-ring (bicyclic) bond motifs is 1. The minimum atomic E-state index is -0.0466. The lowest BCUT2D eigenvalue weighted by Crippen LogP contribution is -2.30. The summed E-state index contributed by atoms with van der Waals surface area (Å²) in [6.45, 7) is 7.23. The molecule has 2 amide bonds. The highest BCUT2D eigenvalue weighted by Crippen LogP contribution is 2.39. The summed E-state index contributed by atoms with van der Waals surface area (Å²) in [7, 11) is 1.80. The Balaban J connectivity index is 2.16. The van der Waals surface area contributed by atoms with E-state index >= 15 is 0 Å². The normalized spacial score (nSPS) is 16.2. The first-order valence-corrected chi connectivity index (χ1v) is 6.59. The number of anilines is 1. The van der Waals surface area contributed by atoms with Crippen LogP contribution in [0, 0.1) is 0 Å². The van der Waals surface area contributed by atoms with Gasteiger partial charge in [0.05, 0.1) is 0 Å². The van der Waals surface area contributed by atoms with Crippen LogP contribution in [0.2, 0.25) is 0 Å². The van der Waals surface area contributed by atoms with Gasteiger partial charge < -0.3 is 10.2 Å². The number of nitrogens with one attached hydrogen (secondary N) is 1. The molecule has 1 aliphatic rings. The van der Waals surface area contributed by atoms with E-state index in [1.165, 1.54) is 17.5 Å². The fourth-order valence-corrected chi connectivity index (χ4v) is 2.48. The Kier molecular flexibility index (Phi) is 3.33. The summed E-state index contributed by atoms with van der Waals surface area (Å²) >= 11 is 0. The van der Waals surface area contributed by atoms with Crippen molar-refractivity contribution in [1.29, 1.82) is 0 Å². The standard InChI is InChI=1S/C15H22N2O/c1-5-17(4)14(18)16-12-6-7-13-11(10-12)8-9-15(13,2)3/h6-7,10H,5,8-9H2,1-4H3,(H,16,18). The third-order valence-electron chi connectivity index (χ3n) is 3.93. The van der Waals surface area contributed by atoms with Gasteiger partial charge in [-0.05, 0) is 48.4 Å². The van der Waals surface area contributed by atoms with Crippen LogP contribution in [0.4, 0.5) is 10.5 Å². The molecule has 0 aromatic heterocycles. The second kappa shape index (κ2) is 4.63. The summed E-state index contributed by atoms with van der Waals surface area (Å²) in [6.07, 6.45) is 2.30. The molecule has 0 radical (unpaired) electrons. The summed E-state index contributed by atoms with van der Waals surface area (Å²) in [5.74, 6) is 0. The summed E-state index contributed by atoms with van der Waals surface area (Å²) < 4.78 is 0. The molecule has 0 fully saturated rings. The van der Waals surface area contributed by atoms with Crippen LogP contribution in [0.15, 0.2) is 18.2 Å². The molecule has 0 atom stereocenters. The number of carbonyl (C=O) groups is 1. The van der Waals surface area contributed by atoms with Gasteiger partial charge in [-0.1, -0.05) is 19.9 Å². The Labute approximate surface area is 109 Å². The Bertz CT molecular complexity index is 466. The number of aryl methyl sites for hydroxylation is 1. The zero-order chi connectivity index (χ0) is 13.3. The van der Waals surface area contributed by atoms with Crippen molar-refractivity contribution < 1.29 is 4.79 Å². The van der Waals surface area contributed by atoms with E-state index < -0.39 is 0 Å². The predicted octanol–water partition coefficient (Wildman–Crippen LogP) is 3.39. The lowest BCUT2D eigenvalue weighted by atomic mass is 9.86. The molecule has 0 saturated heterocycles. The molecular weight excluding hydrogens is 224 g/mol. The zero-order valence-corrected chi connectivity index (χ0v) is 11.7. The van der Waals surface area contributed by atoms with Crippen LogP contribution in [0.1, 0.15) is 38.3 Å². The van der Waals surface area contributed by atoms with Crippen LogP contribution in [-0.2, 0) is 11.8 Å². The van der Waals surface area contributed by atoms with Crippen LogP contribution in [0.5, 0.6) is 0 Å². The molecule has 1 aliphatic carbocycles. The molecule has 0 unspecified atom stereocenters. The molecule has 98 valence electrons. The van der Waals surface area contributed by atoms with E-state index in [2.05, 4.69) is 31.3 Å². The Hall–Kier alpha value is -1.51. The number of carbonyl (C=O) groups excluding carboxylic acids is 1. The minimum absolute atomic E-state index is 0.0466. The fraction of sp³-hybridized carbons (Fsp3) is 0.533.